The molecule has 0 radical (unpaired) electrons. The number of imidazole rings is 1. The molecule has 0 aliphatic rings. The van der Waals surface area contributed by atoms with Crippen LogP contribution in [0.4, 0.5) is 10.1 Å². The van der Waals surface area contributed by atoms with Crippen LogP contribution in [0.3, 0.4) is 0 Å². The van der Waals surface area contributed by atoms with E-state index in [-0.39, 0.29) is 23.5 Å². The highest BCUT2D eigenvalue weighted by Crippen LogP contribution is 2.22. The average molecular weight is 426 g/mol. The largest absolute Gasteiger partial charge is 0.332 e. The number of rotatable bonds is 5. The van der Waals surface area contributed by atoms with Crippen molar-refractivity contribution in [3.63, 3.8) is 0 Å². The highest BCUT2D eigenvalue weighted by Gasteiger charge is 2.17. The predicted octanol–water partition coefficient (Wildman–Crippen LogP) is 1.88. The Kier molecular flexibility index (Phi) is 5.61. The summed E-state index contributed by atoms with van der Waals surface area (Å²) < 4.78 is 17.7. The van der Waals surface area contributed by atoms with E-state index in [9.17, 15) is 18.8 Å². The summed E-state index contributed by atoms with van der Waals surface area (Å²) in [7, 11) is 4.65. The highest BCUT2D eigenvalue weighted by atomic mass is 35.5. The monoisotopic (exact) mass is 425 g/mol. The van der Waals surface area contributed by atoms with Crippen molar-refractivity contribution in [3.05, 3.63) is 49.9 Å². The molecule has 2 aromatic heterocycles. The van der Waals surface area contributed by atoms with E-state index in [4.69, 9.17) is 11.6 Å². The molecule has 0 aliphatic carbocycles. The van der Waals surface area contributed by atoms with E-state index in [0.717, 1.165) is 4.57 Å². The van der Waals surface area contributed by atoms with Crippen LogP contribution in [-0.2, 0) is 25.9 Å². The van der Waals surface area contributed by atoms with Crippen LogP contribution in [0.25, 0.3) is 11.2 Å². The Morgan fingerprint density at radius 1 is 1.21 bits per heavy atom. The molecule has 0 fully saturated rings. The van der Waals surface area contributed by atoms with Gasteiger partial charge in [-0.15, -0.1) is 0 Å². The number of nitrogens with zero attached hydrogens (tertiary/aromatic N) is 4. The summed E-state index contributed by atoms with van der Waals surface area (Å²) in [6.07, 6.45) is 0.0940. The molecule has 8 nitrogen and oxygen atoms in total. The number of hydrogen-bond acceptors (Lipinski definition) is 5. The van der Waals surface area contributed by atoms with E-state index < -0.39 is 17.1 Å². The first-order valence-electron chi connectivity index (χ1n) is 8.21. The van der Waals surface area contributed by atoms with Crippen molar-refractivity contribution < 1.29 is 9.18 Å². The molecule has 0 bridgehead atoms. The Morgan fingerprint density at radius 3 is 2.64 bits per heavy atom. The van der Waals surface area contributed by atoms with Crippen LogP contribution in [0.2, 0.25) is 5.02 Å². The lowest BCUT2D eigenvalue weighted by Gasteiger charge is -2.07. The number of anilines is 1. The Morgan fingerprint density at radius 2 is 1.93 bits per heavy atom. The number of hydrogen-bond donors (Lipinski definition) is 1. The summed E-state index contributed by atoms with van der Waals surface area (Å²) in [5.74, 6) is -0.604. The maximum Gasteiger partial charge on any atom is 0.332 e. The number of fused-ring (bicyclic) bond motifs is 1. The summed E-state index contributed by atoms with van der Waals surface area (Å²) in [5.41, 5.74) is -0.320. The Labute approximate surface area is 167 Å². The Balaban J connectivity index is 1.73. The second kappa shape index (κ2) is 7.80. The zero-order valence-electron chi connectivity index (χ0n) is 15.3. The predicted molar refractivity (Wildman–Crippen MR) is 107 cm³/mol. The molecule has 0 saturated heterocycles. The molecule has 0 aliphatic heterocycles. The normalized spacial score (nSPS) is 11.2. The topological polar surface area (TPSA) is 90.9 Å². The number of aromatic nitrogens is 4. The van der Waals surface area contributed by atoms with Crippen LogP contribution in [-0.4, -0.2) is 30.3 Å². The molecule has 28 heavy (non-hydrogen) atoms. The molecule has 11 heteroatoms. The van der Waals surface area contributed by atoms with Gasteiger partial charge < -0.3 is 9.88 Å². The van der Waals surface area contributed by atoms with Gasteiger partial charge in [-0.25, -0.2) is 14.2 Å². The Bertz CT molecular complexity index is 1200. The minimum atomic E-state index is -0.572. The first-order valence-corrected chi connectivity index (χ1v) is 9.57. The van der Waals surface area contributed by atoms with E-state index in [2.05, 4.69) is 10.3 Å². The number of carbonyl (C=O) groups excluding carboxylic acids is 1. The number of thioether (sulfide) groups is 1. The minimum absolute atomic E-state index is 0.0173. The third-order valence-electron chi connectivity index (χ3n) is 4.19. The standard InChI is InChI=1S/C17H17ClFN5O3S/c1-22-14-13(15(26)24(3)17(27)23(14)2)21-16(22)28-7-6-12(25)20-11-8-9(18)4-5-10(11)19/h4-5,8H,6-7H2,1-3H3,(H,20,25). The van der Waals surface area contributed by atoms with Crippen LogP contribution < -0.4 is 16.6 Å². The van der Waals surface area contributed by atoms with Crippen LogP contribution in [0, 0.1) is 5.82 Å². The third-order valence-corrected chi connectivity index (χ3v) is 5.45. The van der Waals surface area contributed by atoms with E-state index in [1.54, 1.807) is 18.7 Å². The van der Waals surface area contributed by atoms with Crippen LogP contribution in [0.15, 0.2) is 32.9 Å². The van der Waals surface area contributed by atoms with Crippen LogP contribution in [0.5, 0.6) is 0 Å². The van der Waals surface area contributed by atoms with Crippen molar-refractivity contribution in [2.24, 2.45) is 21.1 Å². The van der Waals surface area contributed by atoms with Gasteiger partial charge in [-0.1, -0.05) is 23.4 Å². The van der Waals surface area contributed by atoms with Crippen molar-refractivity contribution in [3.8, 4) is 0 Å². The molecule has 0 saturated carbocycles. The van der Waals surface area contributed by atoms with E-state index in [0.29, 0.717) is 21.6 Å². The molecule has 0 unspecified atom stereocenters. The zero-order valence-corrected chi connectivity index (χ0v) is 16.9. The molecule has 148 valence electrons. The second-order valence-electron chi connectivity index (χ2n) is 6.10. The quantitative estimate of drug-likeness (QED) is 0.630. The number of amides is 1. The van der Waals surface area contributed by atoms with Gasteiger partial charge in [0.1, 0.15) is 5.82 Å². The number of halogens is 2. The summed E-state index contributed by atoms with van der Waals surface area (Å²) in [5, 5.41) is 3.29. The lowest BCUT2D eigenvalue weighted by Crippen LogP contribution is -2.37. The molecule has 1 N–H and O–H groups in total. The number of carbonyl (C=O) groups is 1. The lowest BCUT2D eigenvalue weighted by molar-refractivity contribution is -0.115. The smallest absolute Gasteiger partial charge is 0.324 e. The van der Waals surface area contributed by atoms with Gasteiger partial charge >= 0.3 is 5.69 Å². The maximum atomic E-state index is 13.7. The van der Waals surface area contributed by atoms with Gasteiger partial charge in [-0.2, -0.15) is 0 Å². The third kappa shape index (κ3) is 3.69. The summed E-state index contributed by atoms with van der Waals surface area (Å²) in [6, 6.07) is 3.91. The van der Waals surface area contributed by atoms with E-state index >= 15 is 0 Å². The van der Waals surface area contributed by atoms with Gasteiger partial charge in [-0.05, 0) is 18.2 Å². The summed E-state index contributed by atoms with van der Waals surface area (Å²) in [4.78, 5) is 40.7. The molecule has 2 heterocycles. The molecule has 1 aromatic carbocycles. The molecule has 3 rings (SSSR count). The molecule has 0 atom stereocenters. The fourth-order valence-corrected chi connectivity index (χ4v) is 3.81. The number of benzene rings is 1. The van der Waals surface area contributed by atoms with E-state index in [1.807, 2.05) is 0 Å². The maximum absolute atomic E-state index is 13.7. The van der Waals surface area contributed by atoms with Crippen LogP contribution in [0.1, 0.15) is 6.42 Å². The van der Waals surface area contributed by atoms with Gasteiger partial charge in [0.15, 0.2) is 16.3 Å². The molecule has 3 aromatic rings. The lowest BCUT2D eigenvalue weighted by atomic mass is 10.3. The molecular formula is C17H17ClFN5O3S. The molecule has 0 spiro atoms. The number of aryl methyl sites for hydroxylation is 2. The van der Waals surface area contributed by atoms with Crippen LogP contribution >= 0.6 is 23.4 Å². The molecule has 1 amide bonds. The van der Waals surface area contributed by atoms with Crippen molar-refractivity contribution in [2.45, 2.75) is 11.6 Å². The fourth-order valence-electron chi connectivity index (χ4n) is 2.73. The fraction of sp³-hybridized carbons (Fsp3) is 0.294. The molecular weight excluding hydrogens is 409 g/mol. The van der Waals surface area contributed by atoms with Crippen molar-refractivity contribution in [1.82, 2.24) is 18.7 Å². The Hall–Kier alpha value is -2.59. The van der Waals surface area contributed by atoms with Crippen molar-refractivity contribution in [2.75, 3.05) is 11.1 Å². The van der Waals surface area contributed by atoms with Gasteiger partial charge in [0, 0.05) is 38.3 Å². The number of nitrogens with one attached hydrogen (secondary N) is 1. The highest BCUT2D eigenvalue weighted by molar-refractivity contribution is 7.99. The van der Waals surface area contributed by atoms with Gasteiger partial charge in [0.2, 0.25) is 5.91 Å². The van der Waals surface area contributed by atoms with Crippen molar-refractivity contribution in [1.29, 1.82) is 0 Å². The first kappa shape index (κ1) is 20.2. The summed E-state index contributed by atoms with van der Waals surface area (Å²) >= 11 is 7.06. The summed E-state index contributed by atoms with van der Waals surface area (Å²) in [6.45, 7) is 0. The second-order valence-corrected chi connectivity index (χ2v) is 7.60. The van der Waals surface area contributed by atoms with Gasteiger partial charge in [0.25, 0.3) is 5.56 Å². The zero-order chi connectivity index (χ0) is 20.6. The van der Waals surface area contributed by atoms with Crippen molar-refractivity contribution >= 4 is 46.1 Å². The minimum Gasteiger partial charge on any atom is -0.324 e. The SMILES string of the molecule is Cn1c(=O)c2nc(SCCC(=O)Nc3cc(Cl)ccc3F)n(C)c2n(C)c1=O. The average Bonchev–Trinajstić information content (AvgIpc) is 2.98. The van der Waals surface area contributed by atoms with E-state index in [1.165, 1.54) is 41.6 Å². The van der Waals surface area contributed by atoms with Gasteiger partial charge in [0.05, 0.1) is 5.69 Å². The first-order chi connectivity index (χ1) is 13.2. The van der Waals surface area contributed by atoms with Gasteiger partial charge in [-0.3, -0.25) is 18.7 Å².